The summed E-state index contributed by atoms with van der Waals surface area (Å²) in [6.45, 7) is 4.75. The minimum absolute atomic E-state index is 0.174. The van der Waals surface area contributed by atoms with Gasteiger partial charge < -0.3 is 15.2 Å². The molecule has 2 N–H and O–H groups in total. The van der Waals surface area contributed by atoms with E-state index in [-0.39, 0.29) is 5.91 Å². The van der Waals surface area contributed by atoms with Crippen LogP contribution in [0.2, 0.25) is 0 Å². The fourth-order valence-corrected chi connectivity index (χ4v) is 2.68. The Hall–Kier alpha value is -1.55. The number of hydrogen-bond acceptors (Lipinski definition) is 3. The summed E-state index contributed by atoms with van der Waals surface area (Å²) in [5, 5.41) is 13.4. The number of aliphatic hydroxyl groups is 1. The highest BCUT2D eigenvalue weighted by molar-refractivity contribution is 5.94. The second kappa shape index (κ2) is 6.06. The van der Waals surface area contributed by atoms with Crippen LogP contribution in [-0.2, 0) is 0 Å². The topological polar surface area (TPSA) is 58.6 Å². The van der Waals surface area contributed by atoms with Gasteiger partial charge in [-0.2, -0.15) is 0 Å². The normalized spacial score (nSPS) is 19.8. The highest BCUT2D eigenvalue weighted by Crippen LogP contribution is 2.39. The third-order valence-electron chi connectivity index (χ3n) is 4.44. The van der Waals surface area contributed by atoms with Crippen LogP contribution < -0.4 is 10.1 Å². The number of hydrogen-bond donors (Lipinski definition) is 2. The molecule has 1 aromatic rings. The van der Waals surface area contributed by atoms with Gasteiger partial charge in [-0.05, 0) is 49.3 Å². The Morgan fingerprint density at radius 2 is 1.95 bits per heavy atom. The van der Waals surface area contributed by atoms with Gasteiger partial charge in [-0.1, -0.05) is 19.9 Å². The molecular weight excluding hydrogens is 266 g/mol. The molecule has 1 saturated carbocycles. The molecule has 0 aliphatic heterocycles. The van der Waals surface area contributed by atoms with Crippen molar-refractivity contribution in [2.75, 3.05) is 13.7 Å². The fraction of sp³-hybridized carbons (Fsp3) is 0.588. The first kappa shape index (κ1) is 15.8. The molecule has 0 aromatic heterocycles. The summed E-state index contributed by atoms with van der Waals surface area (Å²) < 4.78 is 5.11. The van der Waals surface area contributed by atoms with E-state index in [0.717, 1.165) is 25.7 Å². The summed E-state index contributed by atoms with van der Waals surface area (Å²) in [6, 6.07) is 7.02. The second-order valence-corrected chi connectivity index (χ2v) is 6.80. The third kappa shape index (κ3) is 4.21. The van der Waals surface area contributed by atoms with Crippen molar-refractivity contribution < 1.29 is 14.6 Å². The molecule has 0 radical (unpaired) electrons. The highest BCUT2D eigenvalue weighted by Gasteiger charge is 2.36. The van der Waals surface area contributed by atoms with Crippen LogP contribution in [0, 0.1) is 5.41 Å². The van der Waals surface area contributed by atoms with E-state index in [9.17, 15) is 9.90 Å². The summed E-state index contributed by atoms with van der Waals surface area (Å²) in [5.74, 6) is 0.480. The fourth-order valence-electron chi connectivity index (χ4n) is 2.68. The van der Waals surface area contributed by atoms with Crippen LogP contribution >= 0.6 is 0 Å². The molecule has 4 heteroatoms. The van der Waals surface area contributed by atoms with Gasteiger partial charge in [-0.3, -0.25) is 4.79 Å². The molecule has 1 fully saturated rings. The smallest absolute Gasteiger partial charge is 0.251 e. The van der Waals surface area contributed by atoms with Crippen molar-refractivity contribution in [2.45, 2.75) is 45.1 Å². The van der Waals surface area contributed by atoms with E-state index in [4.69, 9.17) is 4.74 Å². The summed E-state index contributed by atoms with van der Waals surface area (Å²) >= 11 is 0. The molecule has 0 unspecified atom stereocenters. The number of rotatable bonds is 4. The molecule has 0 spiro atoms. The van der Waals surface area contributed by atoms with E-state index < -0.39 is 5.60 Å². The van der Waals surface area contributed by atoms with Gasteiger partial charge in [0, 0.05) is 12.1 Å². The molecule has 1 aliphatic carbocycles. The average molecular weight is 291 g/mol. The van der Waals surface area contributed by atoms with Gasteiger partial charge in [-0.25, -0.2) is 0 Å². The Kier molecular flexibility index (Phi) is 4.57. The first-order valence-electron chi connectivity index (χ1n) is 7.48. The molecule has 21 heavy (non-hydrogen) atoms. The molecule has 0 atom stereocenters. The number of ether oxygens (including phenoxy) is 1. The van der Waals surface area contributed by atoms with E-state index >= 15 is 0 Å². The molecule has 1 amide bonds. The first-order valence-corrected chi connectivity index (χ1v) is 7.48. The SMILES string of the molecule is COc1cccc(C(=O)NCC2(O)CCC(C)(C)CC2)c1. The van der Waals surface area contributed by atoms with Crippen LogP contribution in [0.15, 0.2) is 24.3 Å². The van der Waals surface area contributed by atoms with Gasteiger partial charge in [0.25, 0.3) is 5.91 Å². The molecule has 0 bridgehead atoms. The highest BCUT2D eigenvalue weighted by atomic mass is 16.5. The van der Waals surface area contributed by atoms with Crippen molar-refractivity contribution in [1.82, 2.24) is 5.32 Å². The van der Waals surface area contributed by atoms with Crippen molar-refractivity contribution in [1.29, 1.82) is 0 Å². The Labute approximate surface area is 126 Å². The van der Waals surface area contributed by atoms with E-state index in [1.165, 1.54) is 0 Å². The zero-order valence-corrected chi connectivity index (χ0v) is 13.1. The zero-order valence-electron chi connectivity index (χ0n) is 13.1. The standard InChI is InChI=1S/C17H25NO3/c1-16(2)7-9-17(20,10-8-16)12-18-15(19)13-5-4-6-14(11-13)21-3/h4-6,11,20H,7-10,12H2,1-3H3,(H,18,19). The van der Waals surface area contributed by atoms with Crippen LogP contribution in [0.25, 0.3) is 0 Å². The largest absolute Gasteiger partial charge is 0.497 e. The zero-order chi connectivity index (χ0) is 15.5. The monoisotopic (exact) mass is 291 g/mol. The minimum Gasteiger partial charge on any atom is -0.497 e. The van der Waals surface area contributed by atoms with Gasteiger partial charge in [0.2, 0.25) is 0 Å². The Morgan fingerprint density at radius 3 is 2.57 bits per heavy atom. The maximum Gasteiger partial charge on any atom is 0.251 e. The van der Waals surface area contributed by atoms with Crippen LogP contribution in [0.1, 0.15) is 49.9 Å². The molecule has 1 aliphatic rings. The molecule has 0 heterocycles. The van der Waals surface area contributed by atoms with Crippen molar-refractivity contribution in [3.8, 4) is 5.75 Å². The van der Waals surface area contributed by atoms with Crippen molar-refractivity contribution in [3.05, 3.63) is 29.8 Å². The number of nitrogens with one attached hydrogen (secondary N) is 1. The maximum absolute atomic E-state index is 12.1. The number of carbonyl (C=O) groups excluding carboxylic acids is 1. The van der Waals surface area contributed by atoms with E-state index in [2.05, 4.69) is 19.2 Å². The number of methoxy groups -OCH3 is 1. The van der Waals surface area contributed by atoms with E-state index in [1.54, 1.807) is 31.4 Å². The number of amides is 1. The van der Waals surface area contributed by atoms with Crippen molar-refractivity contribution >= 4 is 5.91 Å². The Balaban J connectivity index is 1.92. The van der Waals surface area contributed by atoms with Gasteiger partial charge in [-0.15, -0.1) is 0 Å². The summed E-state index contributed by atoms with van der Waals surface area (Å²) in [4.78, 5) is 12.1. The van der Waals surface area contributed by atoms with E-state index in [0.29, 0.717) is 23.3 Å². The summed E-state index contributed by atoms with van der Waals surface area (Å²) in [7, 11) is 1.57. The maximum atomic E-state index is 12.1. The van der Waals surface area contributed by atoms with Crippen LogP contribution in [0.4, 0.5) is 0 Å². The lowest BCUT2D eigenvalue weighted by molar-refractivity contribution is -0.0233. The molecule has 116 valence electrons. The van der Waals surface area contributed by atoms with Crippen LogP contribution in [0.5, 0.6) is 5.75 Å². The lowest BCUT2D eigenvalue weighted by atomic mass is 9.71. The Morgan fingerprint density at radius 1 is 1.29 bits per heavy atom. The number of benzene rings is 1. The minimum atomic E-state index is -0.774. The van der Waals surface area contributed by atoms with Gasteiger partial charge in [0.05, 0.1) is 12.7 Å². The second-order valence-electron chi connectivity index (χ2n) is 6.80. The Bertz CT molecular complexity index is 501. The van der Waals surface area contributed by atoms with Gasteiger partial charge in [0.15, 0.2) is 0 Å². The molecule has 0 saturated heterocycles. The third-order valence-corrected chi connectivity index (χ3v) is 4.44. The number of carbonyl (C=O) groups is 1. The predicted octanol–water partition coefficient (Wildman–Crippen LogP) is 2.76. The first-order chi connectivity index (χ1) is 9.84. The van der Waals surface area contributed by atoms with Gasteiger partial charge >= 0.3 is 0 Å². The summed E-state index contributed by atoms with van der Waals surface area (Å²) in [5.41, 5.74) is 0.0710. The lowest BCUT2D eigenvalue weighted by Crippen LogP contribution is -2.46. The predicted molar refractivity (Wildman–Crippen MR) is 82.5 cm³/mol. The summed E-state index contributed by atoms with van der Waals surface area (Å²) in [6.07, 6.45) is 3.44. The molecule has 2 rings (SSSR count). The quantitative estimate of drug-likeness (QED) is 0.897. The van der Waals surface area contributed by atoms with Crippen LogP contribution in [0.3, 0.4) is 0 Å². The van der Waals surface area contributed by atoms with Crippen LogP contribution in [-0.4, -0.2) is 30.3 Å². The van der Waals surface area contributed by atoms with E-state index in [1.807, 2.05) is 0 Å². The van der Waals surface area contributed by atoms with Crippen molar-refractivity contribution in [2.24, 2.45) is 5.41 Å². The molecule has 4 nitrogen and oxygen atoms in total. The lowest BCUT2D eigenvalue weighted by Gasteiger charge is -2.40. The van der Waals surface area contributed by atoms with Crippen molar-refractivity contribution in [3.63, 3.8) is 0 Å². The molecule has 1 aromatic carbocycles. The molecular formula is C17H25NO3. The average Bonchev–Trinajstić information content (AvgIpc) is 2.48. The van der Waals surface area contributed by atoms with Gasteiger partial charge in [0.1, 0.15) is 5.75 Å².